The Bertz CT molecular complexity index is 1050. The van der Waals surface area contributed by atoms with Crippen molar-refractivity contribution in [2.24, 2.45) is 4.99 Å². The summed E-state index contributed by atoms with van der Waals surface area (Å²) in [7, 11) is 1.67. The minimum Gasteiger partial charge on any atom is -0.311 e. The second kappa shape index (κ2) is 11.4. The van der Waals surface area contributed by atoms with E-state index in [1.165, 1.54) is 17.7 Å². The fraction of sp³-hybridized carbons (Fsp3) is 0.385. The number of benzodiazepines with no additional fused rings is 1. The summed E-state index contributed by atoms with van der Waals surface area (Å²) >= 11 is 0. The molecule has 0 spiro atoms. The number of anilines is 2. The number of carbonyl (C=O) groups excluding carboxylic acids is 2. The number of likely N-dealkylation sites (N-methyl/N-ethyl adjacent to an activating group) is 1. The Morgan fingerprint density at radius 1 is 1.09 bits per heavy atom. The van der Waals surface area contributed by atoms with E-state index in [-0.39, 0.29) is 5.91 Å². The van der Waals surface area contributed by atoms with E-state index in [1.807, 2.05) is 49.4 Å². The molecule has 1 heterocycles. The van der Waals surface area contributed by atoms with Gasteiger partial charge in [0, 0.05) is 18.3 Å². The molecule has 0 fully saturated rings. The first kappa shape index (κ1) is 24.2. The predicted molar refractivity (Wildman–Crippen MR) is 135 cm³/mol. The highest BCUT2D eigenvalue weighted by atomic mass is 16.2. The van der Waals surface area contributed by atoms with Crippen LogP contribution < -0.4 is 15.5 Å². The number of nitrogens with one attached hydrogen (secondary N) is 3. The second-order valence-corrected chi connectivity index (χ2v) is 8.41. The Morgan fingerprint density at radius 3 is 2.61 bits per heavy atom. The molecule has 0 saturated heterocycles. The van der Waals surface area contributed by atoms with Crippen molar-refractivity contribution >= 4 is 34.7 Å². The molecule has 174 valence electrons. The van der Waals surface area contributed by atoms with Crippen LogP contribution in [0.1, 0.15) is 56.6 Å². The van der Waals surface area contributed by atoms with E-state index in [2.05, 4.69) is 22.5 Å². The van der Waals surface area contributed by atoms with Gasteiger partial charge in [0.1, 0.15) is 0 Å². The van der Waals surface area contributed by atoms with Crippen molar-refractivity contribution in [3.05, 3.63) is 59.7 Å². The van der Waals surface area contributed by atoms with Crippen LogP contribution in [0.5, 0.6) is 0 Å². The van der Waals surface area contributed by atoms with Crippen molar-refractivity contribution in [1.29, 1.82) is 5.41 Å². The summed E-state index contributed by atoms with van der Waals surface area (Å²) < 4.78 is 0. The van der Waals surface area contributed by atoms with E-state index < -0.39 is 12.2 Å². The molecule has 3 amide bonds. The number of hydrogen-bond donors (Lipinski definition) is 3. The Kier molecular flexibility index (Phi) is 8.35. The van der Waals surface area contributed by atoms with Gasteiger partial charge >= 0.3 is 6.03 Å². The van der Waals surface area contributed by atoms with Gasteiger partial charge in [0.25, 0.3) is 5.91 Å². The summed E-state index contributed by atoms with van der Waals surface area (Å²) in [4.78, 5) is 31.9. The van der Waals surface area contributed by atoms with Gasteiger partial charge in [-0.05, 0) is 43.5 Å². The molecule has 33 heavy (non-hydrogen) atoms. The van der Waals surface area contributed by atoms with Crippen molar-refractivity contribution in [2.75, 3.05) is 17.3 Å². The van der Waals surface area contributed by atoms with Crippen molar-refractivity contribution in [1.82, 2.24) is 5.32 Å². The zero-order chi connectivity index (χ0) is 23.8. The zero-order valence-corrected chi connectivity index (χ0v) is 19.6. The summed E-state index contributed by atoms with van der Waals surface area (Å²) in [6, 6.07) is 14.3. The van der Waals surface area contributed by atoms with E-state index in [1.54, 1.807) is 13.1 Å². The zero-order valence-electron chi connectivity index (χ0n) is 19.6. The maximum absolute atomic E-state index is 13.2. The lowest BCUT2D eigenvalue weighted by molar-refractivity contribution is -0.119. The van der Waals surface area contributed by atoms with Gasteiger partial charge < -0.3 is 20.9 Å². The van der Waals surface area contributed by atoms with Crippen LogP contribution in [0, 0.1) is 12.3 Å². The van der Waals surface area contributed by atoms with Crippen LogP contribution in [0.4, 0.5) is 16.2 Å². The number of carbonyl (C=O) groups is 2. The van der Waals surface area contributed by atoms with Gasteiger partial charge in [-0.15, -0.1) is 0 Å². The van der Waals surface area contributed by atoms with E-state index >= 15 is 0 Å². The highest BCUT2D eigenvalue weighted by Crippen LogP contribution is 2.25. The third kappa shape index (κ3) is 6.28. The van der Waals surface area contributed by atoms with Crippen LogP contribution in [0.3, 0.4) is 0 Å². The van der Waals surface area contributed by atoms with Crippen molar-refractivity contribution in [3.63, 3.8) is 0 Å². The Hall–Kier alpha value is -3.48. The maximum atomic E-state index is 13.2. The molecule has 0 unspecified atom stereocenters. The Labute approximate surface area is 195 Å². The smallest absolute Gasteiger partial charge is 0.311 e. The number of urea groups is 1. The molecule has 0 bridgehead atoms. The van der Waals surface area contributed by atoms with E-state index in [0.717, 1.165) is 30.4 Å². The van der Waals surface area contributed by atoms with Crippen LogP contribution in [0.2, 0.25) is 0 Å². The first-order valence-corrected chi connectivity index (χ1v) is 11.6. The van der Waals surface area contributed by atoms with Crippen molar-refractivity contribution < 1.29 is 9.59 Å². The molecule has 7 nitrogen and oxygen atoms in total. The van der Waals surface area contributed by atoms with Gasteiger partial charge in [0.2, 0.25) is 6.17 Å². The van der Waals surface area contributed by atoms with E-state index in [4.69, 9.17) is 5.41 Å². The molecule has 7 heteroatoms. The highest BCUT2D eigenvalue weighted by Gasteiger charge is 2.31. The van der Waals surface area contributed by atoms with Gasteiger partial charge in [-0.1, -0.05) is 62.9 Å². The third-order valence-corrected chi connectivity index (χ3v) is 5.70. The van der Waals surface area contributed by atoms with Gasteiger partial charge in [0.05, 0.1) is 17.1 Å². The molecule has 3 rings (SSSR count). The lowest BCUT2D eigenvalue weighted by Gasteiger charge is -2.21. The summed E-state index contributed by atoms with van der Waals surface area (Å²) in [6.07, 6.45) is 4.93. The summed E-state index contributed by atoms with van der Waals surface area (Å²) in [5, 5.41) is 14.2. The first-order chi connectivity index (χ1) is 15.9. The minimum absolute atomic E-state index is 0.354. The summed E-state index contributed by atoms with van der Waals surface area (Å²) in [5.74, 6) is -0.354. The molecule has 0 saturated carbocycles. The molecule has 1 aliphatic rings. The summed E-state index contributed by atoms with van der Waals surface area (Å²) in [6.45, 7) is 4.11. The van der Waals surface area contributed by atoms with Crippen LogP contribution in [-0.4, -0.2) is 36.6 Å². The van der Waals surface area contributed by atoms with Crippen LogP contribution in [0.25, 0.3) is 0 Å². The molecule has 0 radical (unpaired) electrons. The first-order valence-electron chi connectivity index (χ1n) is 11.6. The molecule has 3 N–H and O–H groups in total. The molecule has 0 aliphatic carbocycles. The molecule has 1 atom stereocenters. The van der Waals surface area contributed by atoms with Gasteiger partial charge in [-0.25, -0.2) is 9.79 Å². The van der Waals surface area contributed by atoms with E-state index in [9.17, 15) is 9.59 Å². The molecule has 2 aromatic carbocycles. The second-order valence-electron chi connectivity index (χ2n) is 8.41. The average Bonchev–Trinajstić information content (AvgIpc) is 2.89. The fourth-order valence-corrected chi connectivity index (χ4v) is 3.89. The standard InChI is InChI=1S/C26H33N5O2/c1-4-5-6-7-8-15-21(27)23-20-14-9-10-16-22(20)31(3)25(32)24(29-23)30-26(33)28-19-13-11-12-18(2)17-19/h9-14,16-17,24,27H,4-8,15H2,1-3H3,(H2,28,30,33)/t24-/m0/s1. The van der Waals surface area contributed by atoms with Gasteiger partial charge in [-0.3, -0.25) is 4.79 Å². The number of para-hydroxylation sites is 1. The number of rotatable bonds is 9. The quantitative estimate of drug-likeness (QED) is 0.360. The summed E-state index contributed by atoms with van der Waals surface area (Å²) in [5.41, 5.74) is 3.90. The number of aliphatic imine (C=N–C) groups is 1. The maximum Gasteiger partial charge on any atom is 0.321 e. The number of unbranched alkanes of at least 4 members (excludes halogenated alkanes) is 4. The topological polar surface area (TPSA) is 97.6 Å². The largest absolute Gasteiger partial charge is 0.321 e. The van der Waals surface area contributed by atoms with E-state index in [0.29, 0.717) is 29.2 Å². The molecule has 2 aromatic rings. The van der Waals surface area contributed by atoms with Crippen LogP contribution in [-0.2, 0) is 4.79 Å². The normalized spacial score (nSPS) is 15.4. The van der Waals surface area contributed by atoms with Crippen LogP contribution >= 0.6 is 0 Å². The SMILES string of the molecule is CCCCCCCC(=N)C1=N[C@@H](NC(=O)Nc2cccc(C)c2)C(=O)N(C)c2ccccc21. The lowest BCUT2D eigenvalue weighted by Crippen LogP contribution is -2.47. The lowest BCUT2D eigenvalue weighted by atomic mass is 9.99. The molecule has 1 aliphatic heterocycles. The number of nitrogens with zero attached hydrogens (tertiary/aromatic N) is 2. The number of hydrogen-bond acceptors (Lipinski definition) is 4. The molecular formula is C26H33N5O2. The molecular weight excluding hydrogens is 414 g/mol. The molecule has 0 aromatic heterocycles. The van der Waals surface area contributed by atoms with Crippen molar-refractivity contribution in [2.45, 2.75) is 58.5 Å². The van der Waals surface area contributed by atoms with Gasteiger partial charge in [-0.2, -0.15) is 0 Å². The third-order valence-electron chi connectivity index (χ3n) is 5.70. The Balaban J connectivity index is 1.82. The number of aryl methyl sites for hydroxylation is 1. The highest BCUT2D eigenvalue weighted by molar-refractivity contribution is 6.49. The monoisotopic (exact) mass is 447 g/mol. The Morgan fingerprint density at radius 2 is 1.85 bits per heavy atom. The average molecular weight is 448 g/mol. The van der Waals surface area contributed by atoms with Gasteiger partial charge in [0.15, 0.2) is 0 Å². The van der Waals surface area contributed by atoms with Crippen LogP contribution in [0.15, 0.2) is 53.5 Å². The minimum atomic E-state index is -1.12. The van der Waals surface area contributed by atoms with Crippen molar-refractivity contribution in [3.8, 4) is 0 Å². The predicted octanol–water partition coefficient (Wildman–Crippen LogP) is 5.29. The number of benzene rings is 2. The number of fused-ring (bicyclic) bond motifs is 1. The number of amides is 3. The fourth-order valence-electron chi connectivity index (χ4n) is 3.89.